The first-order valence-corrected chi connectivity index (χ1v) is 9.10. The number of benzene rings is 2. The van der Waals surface area contributed by atoms with Crippen LogP contribution in [0.3, 0.4) is 0 Å². The van der Waals surface area contributed by atoms with Crippen LogP contribution in [0, 0.1) is 0 Å². The molecule has 0 aliphatic carbocycles. The number of aryl methyl sites for hydroxylation is 1. The lowest BCUT2D eigenvalue weighted by Gasteiger charge is -2.12. The number of hydrogen-bond donors (Lipinski definition) is 4. The number of rotatable bonds is 8. The Morgan fingerprint density at radius 3 is 2.62 bits per heavy atom. The van der Waals surface area contributed by atoms with Crippen LogP contribution in [0.1, 0.15) is 27.9 Å². The third-order valence-electron chi connectivity index (χ3n) is 4.65. The number of carbonyl (C=O) groups excluding carboxylic acids is 2. The molecule has 6 N–H and O–H groups in total. The second-order valence-electron chi connectivity index (χ2n) is 6.50. The fourth-order valence-corrected chi connectivity index (χ4v) is 3.07. The molecule has 0 atom stereocenters. The molecule has 1 aromatic heterocycles. The van der Waals surface area contributed by atoms with E-state index in [2.05, 4.69) is 15.5 Å². The number of H-pyrrole nitrogens is 1. The first-order valence-electron chi connectivity index (χ1n) is 9.10. The van der Waals surface area contributed by atoms with Crippen molar-refractivity contribution in [2.24, 2.45) is 11.5 Å². The second kappa shape index (κ2) is 9.03. The van der Waals surface area contributed by atoms with Gasteiger partial charge in [-0.05, 0) is 47.4 Å². The van der Waals surface area contributed by atoms with E-state index in [1.807, 2.05) is 18.2 Å². The number of aromatic amines is 1. The molecule has 29 heavy (non-hydrogen) atoms. The SMILES string of the molecule is COc1ccc(CN)c(CCC(=O)Nc2ccc(-c3cn[nH]c3)cc2C(N)=O)c1. The van der Waals surface area contributed by atoms with Gasteiger partial charge in [0.15, 0.2) is 0 Å². The lowest BCUT2D eigenvalue weighted by atomic mass is 10.0. The summed E-state index contributed by atoms with van der Waals surface area (Å²) in [5, 5.41) is 9.39. The maximum Gasteiger partial charge on any atom is 0.250 e. The van der Waals surface area contributed by atoms with Crippen molar-refractivity contribution in [1.82, 2.24) is 10.2 Å². The minimum Gasteiger partial charge on any atom is -0.497 e. The second-order valence-corrected chi connectivity index (χ2v) is 6.50. The van der Waals surface area contributed by atoms with Crippen LogP contribution in [0.25, 0.3) is 11.1 Å². The van der Waals surface area contributed by atoms with Gasteiger partial charge in [-0.1, -0.05) is 12.1 Å². The summed E-state index contributed by atoms with van der Waals surface area (Å²) in [6, 6.07) is 10.7. The van der Waals surface area contributed by atoms with Crippen LogP contribution in [-0.4, -0.2) is 29.1 Å². The fourth-order valence-electron chi connectivity index (χ4n) is 3.07. The third-order valence-corrected chi connectivity index (χ3v) is 4.65. The summed E-state index contributed by atoms with van der Waals surface area (Å²) in [5.41, 5.74) is 15.4. The summed E-state index contributed by atoms with van der Waals surface area (Å²) >= 11 is 0. The van der Waals surface area contributed by atoms with Gasteiger partial charge in [-0.3, -0.25) is 14.7 Å². The average molecular weight is 393 g/mol. The highest BCUT2D eigenvalue weighted by molar-refractivity contribution is 6.04. The van der Waals surface area contributed by atoms with Gasteiger partial charge >= 0.3 is 0 Å². The number of methoxy groups -OCH3 is 1. The number of anilines is 1. The van der Waals surface area contributed by atoms with E-state index in [1.165, 1.54) is 0 Å². The molecule has 8 heteroatoms. The zero-order valence-corrected chi connectivity index (χ0v) is 16.1. The third kappa shape index (κ3) is 4.80. The number of primary amides is 1. The number of hydrogen-bond acceptors (Lipinski definition) is 5. The van der Waals surface area contributed by atoms with Gasteiger partial charge in [-0.25, -0.2) is 0 Å². The van der Waals surface area contributed by atoms with Gasteiger partial charge in [0, 0.05) is 24.7 Å². The lowest BCUT2D eigenvalue weighted by molar-refractivity contribution is -0.116. The van der Waals surface area contributed by atoms with Gasteiger partial charge < -0.3 is 21.5 Å². The summed E-state index contributed by atoms with van der Waals surface area (Å²) in [6.45, 7) is 0.377. The van der Waals surface area contributed by atoms with Crippen molar-refractivity contribution in [1.29, 1.82) is 0 Å². The Kier molecular flexibility index (Phi) is 6.25. The molecule has 150 valence electrons. The highest BCUT2D eigenvalue weighted by atomic mass is 16.5. The molecule has 0 bridgehead atoms. The molecule has 8 nitrogen and oxygen atoms in total. The van der Waals surface area contributed by atoms with E-state index < -0.39 is 5.91 Å². The summed E-state index contributed by atoms with van der Waals surface area (Å²) in [6.07, 6.45) is 4.07. The van der Waals surface area contributed by atoms with Crippen LogP contribution in [0.5, 0.6) is 5.75 Å². The topological polar surface area (TPSA) is 136 Å². The van der Waals surface area contributed by atoms with Crippen molar-refractivity contribution in [3.63, 3.8) is 0 Å². The minimum absolute atomic E-state index is 0.224. The summed E-state index contributed by atoms with van der Waals surface area (Å²) < 4.78 is 5.24. The van der Waals surface area contributed by atoms with E-state index in [-0.39, 0.29) is 17.9 Å². The molecular formula is C21H23N5O3. The van der Waals surface area contributed by atoms with Gasteiger partial charge in [0.05, 0.1) is 24.6 Å². The highest BCUT2D eigenvalue weighted by Gasteiger charge is 2.14. The maximum absolute atomic E-state index is 12.5. The Morgan fingerprint density at radius 1 is 1.14 bits per heavy atom. The standard InChI is InChI=1S/C21H23N5O3/c1-29-17-5-2-15(10-22)13(8-17)4-7-20(27)26-19-6-3-14(9-18(19)21(23)28)16-11-24-25-12-16/h2-3,5-6,8-9,11-12H,4,7,10,22H2,1H3,(H2,23,28)(H,24,25)(H,26,27). The van der Waals surface area contributed by atoms with Crippen molar-refractivity contribution in [3.05, 3.63) is 65.5 Å². The van der Waals surface area contributed by atoms with Crippen molar-refractivity contribution < 1.29 is 14.3 Å². The van der Waals surface area contributed by atoms with Crippen molar-refractivity contribution in [3.8, 4) is 16.9 Å². The largest absolute Gasteiger partial charge is 0.497 e. The molecular weight excluding hydrogens is 370 g/mol. The van der Waals surface area contributed by atoms with E-state index in [9.17, 15) is 9.59 Å². The van der Waals surface area contributed by atoms with Crippen molar-refractivity contribution in [2.75, 3.05) is 12.4 Å². The zero-order chi connectivity index (χ0) is 20.8. The number of nitrogens with two attached hydrogens (primary N) is 2. The van der Waals surface area contributed by atoms with Crippen LogP contribution in [0.15, 0.2) is 48.8 Å². The maximum atomic E-state index is 12.5. The first kappa shape index (κ1) is 20.1. The number of ether oxygens (including phenoxy) is 1. The summed E-state index contributed by atoms with van der Waals surface area (Å²) in [5.74, 6) is -0.137. The summed E-state index contributed by atoms with van der Waals surface area (Å²) in [4.78, 5) is 24.4. The number of aromatic nitrogens is 2. The van der Waals surface area contributed by atoms with Crippen LogP contribution in [0.2, 0.25) is 0 Å². The molecule has 1 heterocycles. The number of nitrogens with one attached hydrogen (secondary N) is 2. The van der Waals surface area contributed by atoms with Crippen LogP contribution in [-0.2, 0) is 17.8 Å². The van der Waals surface area contributed by atoms with Gasteiger partial charge in [-0.15, -0.1) is 0 Å². The highest BCUT2D eigenvalue weighted by Crippen LogP contribution is 2.25. The molecule has 0 saturated heterocycles. The average Bonchev–Trinajstić information content (AvgIpc) is 3.27. The van der Waals surface area contributed by atoms with E-state index in [4.69, 9.17) is 16.2 Å². The molecule has 0 aliphatic rings. The molecule has 2 aromatic carbocycles. The lowest BCUT2D eigenvalue weighted by Crippen LogP contribution is -2.19. The van der Waals surface area contributed by atoms with E-state index >= 15 is 0 Å². The van der Waals surface area contributed by atoms with Gasteiger partial charge in [-0.2, -0.15) is 5.10 Å². The minimum atomic E-state index is -0.621. The Balaban J connectivity index is 1.73. The molecule has 0 spiro atoms. The summed E-state index contributed by atoms with van der Waals surface area (Å²) in [7, 11) is 1.59. The van der Waals surface area contributed by atoms with Gasteiger partial charge in [0.2, 0.25) is 5.91 Å². The molecule has 0 saturated carbocycles. The molecule has 3 aromatic rings. The number of amides is 2. The number of nitrogens with zero attached hydrogens (tertiary/aromatic N) is 1. The molecule has 0 unspecified atom stereocenters. The predicted octanol–water partition coefficient (Wildman–Crippen LogP) is 2.21. The molecule has 3 rings (SSSR count). The fraction of sp³-hybridized carbons (Fsp3) is 0.190. The molecule has 0 fully saturated rings. The molecule has 2 amide bonds. The smallest absolute Gasteiger partial charge is 0.250 e. The van der Waals surface area contributed by atoms with E-state index in [1.54, 1.807) is 37.7 Å². The molecule has 0 radical (unpaired) electrons. The van der Waals surface area contributed by atoms with Crippen molar-refractivity contribution in [2.45, 2.75) is 19.4 Å². The van der Waals surface area contributed by atoms with Crippen molar-refractivity contribution >= 4 is 17.5 Å². The monoisotopic (exact) mass is 393 g/mol. The van der Waals surface area contributed by atoms with Crippen LogP contribution < -0.4 is 21.5 Å². The van der Waals surface area contributed by atoms with Gasteiger partial charge in [0.1, 0.15) is 5.75 Å². The van der Waals surface area contributed by atoms with Crippen LogP contribution in [0.4, 0.5) is 5.69 Å². The van der Waals surface area contributed by atoms with Crippen LogP contribution >= 0.6 is 0 Å². The Morgan fingerprint density at radius 2 is 1.97 bits per heavy atom. The number of carbonyl (C=O) groups is 2. The Bertz CT molecular complexity index is 1020. The van der Waals surface area contributed by atoms with E-state index in [0.29, 0.717) is 24.4 Å². The Hall–Kier alpha value is -3.65. The van der Waals surface area contributed by atoms with Gasteiger partial charge in [0.25, 0.3) is 5.91 Å². The predicted molar refractivity (Wildman–Crippen MR) is 110 cm³/mol. The molecule has 0 aliphatic heterocycles. The first-order chi connectivity index (χ1) is 14.0. The quantitative estimate of drug-likeness (QED) is 0.465. The zero-order valence-electron chi connectivity index (χ0n) is 16.1. The normalized spacial score (nSPS) is 10.6. The van der Waals surface area contributed by atoms with E-state index in [0.717, 1.165) is 22.3 Å². The Labute approximate surface area is 168 Å².